The van der Waals surface area contributed by atoms with Crippen LogP contribution >= 0.6 is 23.7 Å². The second kappa shape index (κ2) is 10.8. The number of hydrogen-bond donors (Lipinski definition) is 3. The first-order valence-corrected chi connectivity index (χ1v) is 12.4. The third kappa shape index (κ3) is 5.37. The Kier molecular flexibility index (Phi) is 7.76. The first-order chi connectivity index (χ1) is 16.1. The number of nitrogens with zero attached hydrogens (tertiary/aromatic N) is 1. The number of amides is 2. The number of piperidine rings is 3. The van der Waals surface area contributed by atoms with Crippen LogP contribution in [0.5, 0.6) is 0 Å². The number of halogens is 1. The van der Waals surface area contributed by atoms with E-state index in [4.69, 9.17) is 0 Å². The van der Waals surface area contributed by atoms with Gasteiger partial charge in [0.05, 0.1) is 4.88 Å². The van der Waals surface area contributed by atoms with E-state index in [0.717, 1.165) is 52.1 Å². The van der Waals surface area contributed by atoms with E-state index in [0.29, 0.717) is 12.5 Å². The normalized spacial score (nSPS) is 22.1. The number of carbonyl (C=O) groups is 2. The molecule has 3 fully saturated rings. The molecule has 34 heavy (non-hydrogen) atoms. The van der Waals surface area contributed by atoms with Crippen LogP contribution in [0.3, 0.4) is 0 Å². The molecule has 3 aromatic rings. The van der Waals surface area contributed by atoms with Gasteiger partial charge in [-0.2, -0.15) is 0 Å². The van der Waals surface area contributed by atoms with Crippen molar-refractivity contribution in [3.63, 3.8) is 0 Å². The fourth-order valence-corrected chi connectivity index (χ4v) is 6.44. The van der Waals surface area contributed by atoms with Gasteiger partial charge in [0.2, 0.25) is 0 Å². The summed E-state index contributed by atoms with van der Waals surface area (Å²) in [7, 11) is 0. The summed E-state index contributed by atoms with van der Waals surface area (Å²) in [5, 5.41) is 16.1. The van der Waals surface area contributed by atoms with Crippen LogP contribution in [0.25, 0.3) is 10.1 Å². The van der Waals surface area contributed by atoms with Crippen molar-refractivity contribution in [1.29, 1.82) is 0 Å². The second-order valence-corrected chi connectivity index (χ2v) is 10.2. The Hall–Kier alpha value is -2.61. The highest BCUT2D eigenvalue weighted by Gasteiger charge is 2.35. The van der Waals surface area contributed by atoms with Gasteiger partial charge in [-0.05, 0) is 60.8 Å². The van der Waals surface area contributed by atoms with Crippen LogP contribution in [0.4, 0.5) is 4.79 Å². The van der Waals surface area contributed by atoms with Crippen molar-refractivity contribution >= 4 is 45.8 Å². The maximum Gasteiger partial charge on any atom is 0.404 e. The van der Waals surface area contributed by atoms with Crippen LogP contribution in [0, 0.1) is 5.92 Å². The summed E-state index contributed by atoms with van der Waals surface area (Å²) in [6, 6.07) is 18.4. The predicted molar refractivity (Wildman–Crippen MR) is 138 cm³/mol. The van der Waals surface area contributed by atoms with E-state index in [2.05, 4.69) is 33.7 Å². The van der Waals surface area contributed by atoms with E-state index in [1.165, 1.54) is 24.2 Å². The van der Waals surface area contributed by atoms with Crippen molar-refractivity contribution in [3.05, 3.63) is 70.6 Å². The average Bonchev–Trinajstić information content (AvgIpc) is 3.28. The number of hydrogen-bond acceptors (Lipinski definition) is 4. The number of thiophene rings is 1. The summed E-state index contributed by atoms with van der Waals surface area (Å²) in [6.45, 7) is 3.57. The maximum atomic E-state index is 13.1. The third-order valence-electron chi connectivity index (χ3n) is 7.04. The van der Waals surface area contributed by atoms with Crippen LogP contribution in [-0.2, 0) is 6.42 Å². The monoisotopic (exact) mass is 499 g/mol. The molecule has 2 aromatic carbocycles. The van der Waals surface area contributed by atoms with E-state index >= 15 is 0 Å². The molecule has 1 aromatic heterocycles. The lowest BCUT2D eigenvalue weighted by molar-refractivity contribution is 0.0622. The Bertz CT molecular complexity index is 1140. The fraction of sp³-hybridized carbons (Fsp3) is 0.385. The molecule has 3 aliphatic rings. The van der Waals surface area contributed by atoms with Crippen LogP contribution in [0.15, 0.2) is 54.6 Å². The minimum Gasteiger partial charge on any atom is -0.465 e. The van der Waals surface area contributed by atoms with E-state index in [9.17, 15) is 14.7 Å². The van der Waals surface area contributed by atoms with Crippen LogP contribution in [0.1, 0.15) is 39.6 Å². The quantitative estimate of drug-likeness (QED) is 0.438. The summed E-state index contributed by atoms with van der Waals surface area (Å²) in [6.07, 6.45) is 2.03. The molecule has 2 atom stereocenters. The van der Waals surface area contributed by atoms with Gasteiger partial charge in [-0.25, -0.2) is 4.79 Å². The van der Waals surface area contributed by atoms with E-state index in [-0.39, 0.29) is 30.3 Å². The van der Waals surface area contributed by atoms with Crippen LogP contribution < -0.4 is 10.6 Å². The van der Waals surface area contributed by atoms with E-state index < -0.39 is 6.09 Å². The van der Waals surface area contributed by atoms with Crippen molar-refractivity contribution in [2.75, 3.05) is 26.2 Å². The number of carboxylic acid groups (broad SMARTS) is 1. The summed E-state index contributed by atoms with van der Waals surface area (Å²) >= 11 is 1.51. The van der Waals surface area contributed by atoms with Crippen molar-refractivity contribution in [1.82, 2.24) is 15.5 Å². The number of fused-ring (bicyclic) bond motifs is 4. The molecule has 6 nitrogen and oxygen atoms in total. The minimum atomic E-state index is -1.02. The highest BCUT2D eigenvalue weighted by Crippen LogP contribution is 2.35. The summed E-state index contributed by atoms with van der Waals surface area (Å²) in [4.78, 5) is 27.5. The van der Waals surface area contributed by atoms with Gasteiger partial charge < -0.3 is 20.6 Å². The van der Waals surface area contributed by atoms with Gasteiger partial charge in [0.25, 0.3) is 5.91 Å². The van der Waals surface area contributed by atoms with Crippen molar-refractivity contribution < 1.29 is 14.7 Å². The van der Waals surface area contributed by atoms with E-state index in [1.807, 2.05) is 36.4 Å². The SMILES string of the molecule is Cl.O=C(O)NCC(Cc1ccccc1)c1cccc2cc(C(=O)N[C@H]3CN4CCC3CC4)sc12. The molecule has 2 amide bonds. The topological polar surface area (TPSA) is 81.7 Å². The van der Waals surface area contributed by atoms with Crippen molar-refractivity contribution in [2.45, 2.75) is 31.2 Å². The predicted octanol–water partition coefficient (Wildman–Crippen LogP) is 4.74. The summed E-state index contributed by atoms with van der Waals surface area (Å²) < 4.78 is 1.06. The molecular weight excluding hydrogens is 470 g/mol. The lowest BCUT2D eigenvalue weighted by Gasteiger charge is -2.44. The number of nitrogens with one attached hydrogen (secondary N) is 2. The molecule has 4 heterocycles. The zero-order chi connectivity index (χ0) is 22.8. The average molecular weight is 500 g/mol. The van der Waals surface area contributed by atoms with Gasteiger partial charge in [-0.3, -0.25) is 4.79 Å². The Morgan fingerprint density at radius 3 is 2.53 bits per heavy atom. The zero-order valence-electron chi connectivity index (χ0n) is 18.9. The Labute approximate surface area is 209 Å². The van der Waals surface area contributed by atoms with Gasteiger partial charge >= 0.3 is 6.09 Å². The van der Waals surface area contributed by atoms with Gasteiger partial charge in [-0.1, -0.05) is 48.5 Å². The molecule has 0 spiro atoms. The maximum absolute atomic E-state index is 13.1. The highest BCUT2D eigenvalue weighted by molar-refractivity contribution is 7.21. The molecule has 6 rings (SSSR count). The number of rotatable bonds is 7. The minimum absolute atomic E-state index is 0. The molecule has 2 bridgehead atoms. The Morgan fingerprint density at radius 1 is 1.09 bits per heavy atom. The smallest absolute Gasteiger partial charge is 0.404 e. The Morgan fingerprint density at radius 2 is 1.85 bits per heavy atom. The lowest BCUT2D eigenvalue weighted by atomic mass is 9.84. The number of benzene rings is 2. The molecule has 180 valence electrons. The summed E-state index contributed by atoms with van der Waals surface area (Å²) in [5.41, 5.74) is 2.24. The third-order valence-corrected chi connectivity index (χ3v) is 8.23. The summed E-state index contributed by atoms with van der Waals surface area (Å²) in [5.74, 6) is 0.564. The standard InChI is InChI=1S/C26H29N3O3S.ClH/c30-25(28-22-16-29-11-9-18(22)10-12-29)23-14-19-7-4-8-21(24(19)33-23)20(15-27-26(31)32)13-17-5-2-1-3-6-17;/h1-8,14,18,20,22,27H,9-13,15-16H2,(H,28,30)(H,31,32);1H/t20?,22-;/m0./s1. The van der Waals surface area contributed by atoms with E-state index in [1.54, 1.807) is 0 Å². The molecule has 0 aliphatic carbocycles. The molecule has 3 aliphatic heterocycles. The highest BCUT2D eigenvalue weighted by atomic mass is 35.5. The van der Waals surface area contributed by atoms with Gasteiger partial charge in [-0.15, -0.1) is 23.7 Å². The fourth-order valence-electron chi connectivity index (χ4n) is 5.29. The van der Waals surface area contributed by atoms with Crippen molar-refractivity contribution in [2.24, 2.45) is 5.92 Å². The first kappa shape index (κ1) is 24.5. The van der Waals surface area contributed by atoms with Crippen LogP contribution in [0.2, 0.25) is 0 Å². The lowest BCUT2D eigenvalue weighted by Crippen LogP contribution is -2.57. The molecular formula is C26H30ClN3O3S. The molecule has 8 heteroatoms. The number of carbonyl (C=O) groups excluding carboxylic acids is 1. The molecule has 0 radical (unpaired) electrons. The van der Waals surface area contributed by atoms with Gasteiger partial charge in [0, 0.05) is 29.7 Å². The second-order valence-electron chi connectivity index (χ2n) is 9.17. The Balaban J connectivity index is 0.00000274. The molecule has 1 unspecified atom stereocenters. The molecule has 3 N–H and O–H groups in total. The zero-order valence-corrected chi connectivity index (χ0v) is 20.5. The van der Waals surface area contributed by atoms with Gasteiger partial charge in [0.1, 0.15) is 0 Å². The largest absolute Gasteiger partial charge is 0.465 e. The van der Waals surface area contributed by atoms with Crippen molar-refractivity contribution in [3.8, 4) is 0 Å². The molecule has 0 saturated carbocycles. The van der Waals surface area contributed by atoms with Gasteiger partial charge in [0.15, 0.2) is 0 Å². The first-order valence-electron chi connectivity index (χ1n) is 11.6. The van der Waals surface area contributed by atoms with Crippen LogP contribution in [-0.4, -0.2) is 54.2 Å². The molecule has 3 saturated heterocycles.